The van der Waals surface area contributed by atoms with E-state index in [4.69, 9.17) is 16.0 Å². The minimum Gasteiger partial charge on any atom is -0.436 e. The van der Waals surface area contributed by atoms with Crippen molar-refractivity contribution in [2.75, 3.05) is 13.1 Å². The number of oxazole rings is 1. The van der Waals surface area contributed by atoms with Gasteiger partial charge < -0.3 is 9.32 Å². The summed E-state index contributed by atoms with van der Waals surface area (Å²) in [6.07, 6.45) is 2.63. The van der Waals surface area contributed by atoms with Crippen LogP contribution in [0, 0.1) is 0 Å². The van der Waals surface area contributed by atoms with E-state index in [1.54, 1.807) is 12.1 Å². The Morgan fingerprint density at radius 1 is 1.17 bits per heavy atom. The van der Waals surface area contributed by atoms with Crippen molar-refractivity contribution in [1.29, 1.82) is 0 Å². The number of hydrogen-bond donors (Lipinski definition) is 0. The lowest BCUT2D eigenvalue weighted by molar-refractivity contribution is -0.129. The van der Waals surface area contributed by atoms with Gasteiger partial charge in [0.25, 0.3) is 0 Å². The van der Waals surface area contributed by atoms with E-state index in [-0.39, 0.29) is 5.91 Å². The molecule has 24 heavy (non-hydrogen) atoms. The van der Waals surface area contributed by atoms with Crippen LogP contribution in [0.3, 0.4) is 0 Å². The van der Waals surface area contributed by atoms with Gasteiger partial charge in [-0.2, -0.15) is 0 Å². The lowest BCUT2D eigenvalue weighted by Crippen LogP contribution is -2.29. The molecule has 3 aromatic rings. The average molecular weight is 341 g/mol. The minimum atomic E-state index is 0.189. The Morgan fingerprint density at radius 2 is 2.00 bits per heavy atom. The zero-order valence-electron chi connectivity index (χ0n) is 13.2. The number of carbonyl (C=O) groups is 1. The van der Waals surface area contributed by atoms with Gasteiger partial charge in [0, 0.05) is 23.7 Å². The summed E-state index contributed by atoms with van der Waals surface area (Å²) in [6.45, 7) is 1.76. The van der Waals surface area contributed by atoms with Crippen LogP contribution in [0.25, 0.3) is 22.6 Å². The molecule has 0 saturated carbocycles. The van der Waals surface area contributed by atoms with Gasteiger partial charge in [0.05, 0.1) is 6.42 Å². The standard InChI is InChI=1S/C19H17ClN2O2/c20-15-6-7-17-16(12-15)21-19(24-17)14-5-3-4-13(10-14)11-18(23)22-8-1-2-9-22/h3-7,10,12H,1-2,8-9,11H2. The predicted molar refractivity (Wildman–Crippen MR) is 94.0 cm³/mol. The third-order valence-electron chi connectivity index (χ3n) is 4.34. The molecule has 1 aliphatic heterocycles. The van der Waals surface area contributed by atoms with Crippen molar-refractivity contribution in [3.05, 3.63) is 53.1 Å². The first-order valence-electron chi connectivity index (χ1n) is 8.12. The number of hydrogen-bond acceptors (Lipinski definition) is 3. The van der Waals surface area contributed by atoms with E-state index in [0.29, 0.717) is 22.9 Å². The molecule has 0 atom stereocenters. The van der Waals surface area contributed by atoms with Gasteiger partial charge in [0.1, 0.15) is 5.52 Å². The highest BCUT2D eigenvalue weighted by Gasteiger charge is 2.18. The first-order chi connectivity index (χ1) is 11.7. The molecule has 1 fully saturated rings. The van der Waals surface area contributed by atoms with Crippen LogP contribution in [0.15, 0.2) is 46.9 Å². The third kappa shape index (κ3) is 3.02. The van der Waals surface area contributed by atoms with Gasteiger partial charge in [-0.15, -0.1) is 0 Å². The summed E-state index contributed by atoms with van der Waals surface area (Å²) < 4.78 is 5.80. The molecule has 122 valence electrons. The Bertz CT molecular complexity index is 897. The fraction of sp³-hybridized carbons (Fsp3) is 0.263. The summed E-state index contributed by atoms with van der Waals surface area (Å²) in [7, 11) is 0. The average Bonchev–Trinajstić information content (AvgIpc) is 3.24. The van der Waals surface area contributed by atoms with Crippen molar-refractivity contribution in [3.8, 4) is 11.5 Å². The molecule has 0 N–H and O–H groups in total. The van der Waals surface area contributed by atoms with Crippen LogP contribution in [-0.4, -0.2) is 28.9 Å². The van der Waals surface area contributed by atoms with Crippen LogP contribution in [-0.2, 0) is 11.2 Å². The Labute approximate surface area is 145 Å². The number of nitrogens with zero attached hydrogens (tertiary/aromatic N) is 2. The molecular formula is C19H17ClN2O2. The molecule has 0 spiro atoms. The molecule has 4 rings (SSSR count). The second-order valence-electron chi connectivity index (χ2n) is 6.10. The van der Waals surface area contributed by atoms with Crippen LogP contribution >= 0.6 is 11.6 Å². The molecule has 1 aliphatic rings. The molecule has 4 nitrogen and oxygen atoms in total. The van der Waals surface area contributed by atoms with Crippen molar-refractivity contribution in [2.45, 2.75) is 19.3 Å². The summed E-state index contributed by atoms with van der Waals surface area (Å²) in [5.74, 6) is 0.733. The Balaban J connectivity index is 1.60. The van der Waals surface area contributed by atoms with Crippen molar-refractivity contribution in [2.24, 2.45) is 0 Å². The van der Waals surface area contributed by atoms with Crippen molar-refractivity contribution in [1.82, 2.24) is 9.88 Å². The number of amides is 1. The summed E-state index contributed by atoms with van der Waals surface area (Å²) in [5.41, 5.74) is 3.28. The quantitative estimate of drug-likeness (QED) is 0.713. The van der Waals surface area contributed by atoms with Gasteiger partial charge in [0.15, 0.2) is 5.58 Å². The molecule has 2 aromatic carbocycles. The largest absolute Gasteiger partial charge is 0.436 e. The third-order valence-corrected chi connectivity index (χ3v) is 4.57. The van der Waals surface area contributed by atoms with Gasteiger partial charge in [-0.3, -0.25) is 4.79 Å². The molecule has 1 amide bonds. The van der Waals surface area contributed by atoms with E-state index >= 15 is 0 Å². The molecule has 0 aliphatic carbocycles. The minimum absolute atomic E-state index is 0.189. The van der Waals surface area contributed by atoms with Crippen LogP contribution in [0.5, 0.6) is 0 Å². The number of halogens is 1. The SMILES string of the molecule is O=C(Cc1cccc(-c2nc3cc(Cl)ccc3o2)c1)N1CCCC1. The Kier molecular flexibility index (Phi) is 3.98. The molecule has 5 heteroatoms. The molecule has 0 bridgehead atoms. The summed E-state index contributed by atoms with van der Waals surface area (Å²) in [5, 5.41) is 0.632. The van der Waals surface area contributed by atoms with E-state index in [2.05, 4.69) is 4.98 Å². The monoisotopic (exact) mass is 340 g/mol. The predicted octanol–water partition coefficient (Wildman–Crippen LogP) is 4.31. The highest BCUT2D eigenvalue weighted by atomic mass is 35.5. The first-order valence-corrected chi connectivity index (χ1v) is 8.50. The number of likely N-dealkylation sites (tertiary alicyclic amines) is 1. The van der Waals surface area contributed by atoms with Crippen molar-refractivity contribution >= 4 is 28.6 Å². The van der Waals surface area contributed by atoms with E-state index in [1.165, 1.54) is 0 Å². The van der Waals surface area contributed by atoms with Crippen LogP contribution in [0.2, 0.25) is 5.02 Å². The van der Waals surface area contributed by atoms with Crippen molar-refractivity contribution in [3.63, 3.8) is 0 Å². The number of aromatic nitrogens is 1. The zero-order valence-corrected chi connectivity index (χ0v) is 13.9. The highest BCUT2D eigenvalue weighted by molar-refractivity contribution is 6.31. The fourth-order valence-corrected chi connectivity index (χ4v) is 3.26. The number of fused-ring (bicyclic) bond motifs is 1. The van der Waals surface area contributed by atoms with E-state index in [9.17, 15) is 4.79 Å². The second-order valence-corrected chi connectivity index (χ2v) is 6.53. The number of carbonyl (C=O) groups excluding carboxylic acids is 1. The fourth-order valence-electron chi connectivity index (χ4n) is 3.09. The maximum absolute atomic E-state index is 12.3. The van der Waals surface area contributed by atoms with Gasteiger partial charge in [-0.25, -0.2) is 4.98 Å². The number of benzene rings is 2. The topological polar surface area (TPSA) is 46.3 Å². The number of rotatable bonds is 3. The van der Waals surface area contributed by atoms with Gasteiger partial charge >= 0.3 is 0 Å². The second kappa shape index (κ2) is 6.29. The lowest BCUT2D eigenvalue weighted by Gasteiger charge is -2.15. The smallest absolute Gasteiger partial charge is 0.227 e. The van der Waals surface area contributed by atoms with Crippen LogP contribution < -0.4 is 0 Å². The summed E-state index contributed by atoms with van der Waals surface area (Å²) in [6, 6.07) is 13.2. The highest BCUT2D eigenvalue weighted by Crippen LogP contribution is 2.27. The molecule has 0 radical (unpaired) electrons. The maximum Gasteiger partial charge on any atom is 0.227 e. The van der Waals surface area contributed by atoms with Gasteiger partial charge in [0.2, 0.25) is 11.8 Å². The normalized spacial score (nSPS) is 14.5. The van der Waals surface area contributed by atoms with E-state index in [0.717, 1.165) is 42.6 Å². The van der Waals surface area contributed by atoms with E-state index < -0.39 is 0 Å². The summed E-state index contributed by atoms with van der Waals surface area (Å²) in [4.78, 5) is 18.7. The summed E-state index contributed by atoms with van der Waals surface area (Å²) >= 11 is 5.99. The van der Waals surface area contributed by atoms with Crippen molar-refractivity contribution < 1.29 is 9.21 Å². The molecule has 0 unspecified atom stereocenters. The Hall–Kier alpha value is -2.33. The lowest BCUT2D eigenvalue weighted by atomic mass is 10.1. The maximum atomic E-state index is 12.3. The van der Waals surface area contributed by atoms with Gasteiger partial charge in [-0.1, -0.05) is 23.7 Å². The van der Waals surface area contributed by atoms with Gasteiger partial charge in [-0.05, 0) is 48.7 Å². The first kappa shape index (κ1) is 15.2. The van der Waals surface area contributed by atoms with E-state index in [1.807, 2.05) is 35.2 Å². The Morgan fingerprint density at radius 3 is 2.83 bits per heavy atom. The zero-order chi connectivity index (χ0) is 16.5. The molecule has 2 heterocycles. The van der Waals surface area contributed by atoms with Crippen LogP contribution in [0.1, 0.15) is 18.4 Å². The molecular weight excluding hydrogens is 324 g/mol. The van der Waals surface area contributed by atoms with Crippen LogP contribution in [0.4, 0.5) is 0 Å². The molecule has 1 saturated heterocycles. The molecule has 1 aromatic heterocycles.